The normalized spacial score (nSPS) is 20.1. The molecular formula is C25H27NO3S2. The molecule has 1 saturated heterocycles. The fourth-order valence-electron chi connectivity index (χ4n) is 4.48. The van der Waals surface area contributed by atoms with Gasteiger partial charge < -0.3 is 5.11 Å². The quantitative estimate of drug-likeness (QED) is 0.547. The van der Waals surface area contributed by atoms with Crippen molar-refractivity contribution in [2.75, 3.05) is 19.4 Å². The van der Waals surface area contributed by atoms with Crippen molar-refractivity contribution in [2.45, 2.75) is 22.5 Å². The van der Waals surface area contributed by atoms with Gasteiger partial charge >= 0.3 is 0 Å². The van der Waals surface area contributed by atoms with Gasteiger partial charge in [-0.1, -0.05) is 91.0 Å². The van der Waals surface area contributed by atoms with Crippen LogP contribution in [0.2, 0.25) is 0 Å². The fourth-order valence-corrected chi connectivity index (χ4v) is 7.58. The number of aliphatic hydroxyl groups is 1. The Hall–Kier alpha value is -2.12. The van der Waals surface area contributed by atoms with Crippen LogP contribution in [0.15, 0.2) is 91.0 Å². The fraction of sp³-hybridized carbons (Fsp3) is 0.280. The van der Waals surface area contributed by atoms with E-state index in [1.165, 1.54) is 10.6 Å². The average Bonchev–Trinajstić information content (AvgIpc) is 3.23. The van der Waals surface area contributed by atoms with Gasteiger partial charge in [0.1, 0.15) is 0 Å². The lowest BCUT2D eigenvalue weighted by molar-refractivity contribution is 0.214. The molecule has 0 spiro atoms. The molecule has 1 N–H and O–H groups in total. The Morgan fingerprint density at radius 3 is 1.61 bits per heavy atom. The number of nitrogens with zero attached hydrogens (tertiary/aromatic N) is 1. The van der Waals surface area contributed by atoms with Gasteiger partial charge in [-0.25, -0.2) is 8.42 Å². The highest BCUT2D eigenvalue weighted by Crippen LogP contribution is 2.52. The Kier molecular flexibility index (Phi) is 6.53. The molecule has 1 fully saturated rings. The molecule has 0 bridgehead atoms. The van der Waals surface area contributed by atoms with Gasteiger partial charge in [0.05, 0.1) is 17.6 Å². The zero-order valence-corrected chi connectivity index (χ0v) is 19.1. The van der Waals surface area contributed by atoms with Crippen molar-refractivity contribution in [1.29, 1.82) is 0 Å². The molecule has 31 heavy (non-hydrogen) atoms. The van der Waals surface area contributed by atoms with E-state index in [1.54, 1.807) is 11.8 Å². The molecule has 4 nitrogen and oxygen atoms in total. The van der Waals surface area contributed by atoms with Crippen LogP contribution in [0.4, 0.5) is 0 Å². The van der Waals surface area contributed by atoms with Crippen LogP contribution in [0.1, 0.15) is 23.1 Å². The number of rotatable bonds is 7. The summed E-state index contributed by atoms with van der Waals surface area (Å²) in [5.41, 5.74) is 3.45. The average molecular weight is 454 g/mol. The second-order valence-corrected chi connectivity index (χ2v) is 11.4. The van der Waals surface area contributed by atoms with Crippen molar-refractivity contribution in [1.82, 2.24) is 4.31 Å². The highest BCUT2D eigenvalue weighted by molar-refractivity contribution is 8.01. The van der Waals surface area contributed by atoms with E-state index in [4.69, 9.17) is 0 Å². The summed E-state index contributed by atoms with van der Waals surface area (Å²) < 4.78 is 25.6. The van der Waals surface area contributed by atoms with Gasteiger partial charge in [-0.3, -0.25) is 0 Å². The maximum Gasteiger partial charge on any atom is 0.211 e. The van der Waals surface area contributed by atoms with Gasteiger partial charge in [0.2, 0.25) is 10.0 Å². The Balaban J connectivity index is 1.85. The molecule has 2 atom stereocenters. The van der Waals surface area contributed by atoms with Crippen molar-refractivity contribution in [3.63, 3.8) is 0 Å². The number of aliphatic hydroxyl groups excluding tert-OH is 1. The molecule has 162 valence electrons. The minimum atomic E-state index is -3.39. The van der Waals surface area contributed by atoms with Gasteiger partial charge in [-0.15, -0.1) is 11.8 Å². The molecule has 0 radical (unpaired) electrons. The van der Waals surface area contributed by atoms with Gasteiger partial charge in [-0.2, -0.15) is 4.31 Å². The lowest BCUT2D eigenvalue weighted by Crippen LogP contribution is -2.37. The zero-order chi connectivity index (χ0) is 21.9. The van der Waals surface area contributed by atoms with E-state index < -0.39 is 14.8 Å². The smallest absolute Gasteiger partial charge is 0.211 e. The maximum absolute atomic E-state index is 12.3. The van der Waals surface area contributed by atoms with E-state index in [1.807, 2.05) is 54.6 Å². The summed E-state index contributed by atoms with van der Waals surface area (Å²) in [5.74, 6) is 0. The molecule has 1 aliphatic rings. The summed E-state index contributed by atoms with van der Waals surface area (Å²) in [6, 6.07) is 30.8. The highest BCUT2D eigenvalue weighted by atomic mass is 32.2. The summed E-state index contributed by atoms with van der Waals surface area (Å²) in [7, 11) is -3.39. The molecule has 4 rings (SSSR count). The van der Waals surface area contributed by atoms with Gasteiger partial charge in [-0.05, 0) is 23.1 Å². The predicted octanol–water partition coefficient (Wildman–Crippen LogP) is 4.11. The van der Waals surface area contributed by atoms with Crippen LogP contribution in [0.3, 0.4) is 0 Å². The van der Waals surface area contributed by atoms with E-state index in [9.17, 15) is 13.5 Å². The maximum atomic E-state index is 12.3. The van der Waals surface area contributed by atoms with Crippen LogP contribution in [0.25, 0.3) is 0 Å². The van der Waals surface area contributed by atoms with Crippen molar-refractivity contribution >= 4 is 21.8 Å². The van der Waals surface area contributed by atoms with Crippen LogP contribution in [0.5, 0.6) is 0 Å². The molecule has 0 aliphatic carbocycles. The van der Waals surface area contributed by atoms with E-state index in [-0.39, 0.29) is 17.9 Å². The first-order valence-corrected chi connectivity index (χ1v) is 13.1. The number of hydrogen-bond acceptors (Lipinski definition) is 4. The van der Waals surface area contributed by atoms with Crippen LogP contribution in [-0.2, 0) is 14.8 Å². The van der Waals surface area contributed by atoms with E-state index >= 15 is 0 Å². The highest BCUT2D eigenvalue weighted by Gasteiger charge is 2.44. The Morgan fingerprint density at radius 1 is 0.871 bits per heavy atom. The summed E-state index contributed by atoms with van der Waals surface area (Å²) in [5, 5.41) is 9.89. The second-order valence-electron chi connectivity index (χ2n) is 7.92. The number of hydrogen-bond donors (Lipinski definition) is 1. The largest absolute Gasteiger partial charge is 0.395 e. The molecule has 0 aromatic heterocycles. The molecule has 6 heteroatoms. The Labute approximate surface area is 189 Å². The Bertz CT molecular complexity index is 993. The topological polar surface area (TPSA) is 57.6 Å². The standard InChI is InChI=1S/C25H27NO3S2/c1-31(28,29)26-18-24(17-23(26)19-27)30-25(20-11-5-2-6-12-20,21-13-7-3-8-14-21)22-15-9-4-10-16-22/h2-16,23-24,27H,17-19H2,1H3. The minimum absolute atomic E-state index is 0.0347. The third-order valence-corrected chi connectivity index (χ3v) is 8.88. The second kappa shape index (κ2) is 9.17. The SMILES string of the molecule is CS(=O)(=O)N1CC(SC(c2ccccc2)(c2ccccc2)c2ccccc2)CC1CO. The minimum Gasteiger partial charge on any atom is -0.395 e. The monoisotopic (exact) mass is 453 g/mol. The third-order valence-electron chi connectivity index (χ3n) is 5.85. The molecule has 3 aromatic carbocycles. The van der Waals surface area contributed by atoms with Crippen molar-refractivity contribution in [2.24, 2.45) is 0 Å². The predicted molar refractivity (Wildman–Crippen MR) is 128 cm³/mol. The van der Waals surface area contributed by atoms with Gasteiger partial charge in [0, 0.05) is 17.8 Å². The first-order valence-electron chi connectivity index (χ1n) is 10.4. The number of sulfonamides is 1. The van der Waals surface area contributed by atoms with Crippen molar-refractivity contribution in [3.05, 3.63) is 108 Å². The summed E-state index contributed by atoms with van der Waals surface area (Å²) in [6.45, 7) is 0.224. The van der Waals surface area contributed by atoms with Crippen LogP contribution >= 0.6 is 11.8 Å². The number of thioether (sulfide) groups is 1. The van der Waals surface area contributed by atoms with Gasteiger partial charge in [0.15, 0.2) is 0 Å². The van der Waals surface area contributed by atoms with E-state index in [0.29, 0.717) is 13.0 Å². The van der Waals surface area contributed by atoms with Crippen LogP contribution < -0.4 is 0 Å². The third kappa shape index (κ3) is 4.44. The lowest BCUT2D eigenvalue weighted by Gasteiger charge is -2.37. The molecule has 0 saturated carbocycles. The first-order chi connectivity index (χ1) is 14.9. The molecular weight excluding hydrogens is 426 g/mol. The van der Waals surface area contributed by atoms with Crippen LogP contribution in [0, 0.1) is 0 Å². The molecule has 0 amide bonds. The van der Waals surface area contributed by atoms with Crippen LogP contribution in [-0.4, -0.2) is 48.5 Å². The molecule has 1 aliphatic heterocycles. The lowest BCUT2D eigenvalue weighted by atomic mass is 9.84. The number of benzene rings is 3. The van der Waals surface area contributed by atoms with Crippen molar-refractivity contribution < 1.29 is 13.5 Å². The molecule has 2 unspecified atom stereocenters. The summed E-state index contributed by atoms with van der Waals surface area (Å²) in [6.07, 6.45) is 1.84. The molecule has 3 aromatic rings. The van der Waals surface area contributed by atoms with Crippen molar-refractivity contribution in [3.8, 4) is 0 Å². The van der Waals surface area contributed by atoms with E-state index in [2.05, 4.69) is 36.4 Å². The zero-order valence-electron chi connectivity index (χ0n) is 17.5. The van der Waals surface area contributed by atoms with E-state index in [0.717, 1.165) is 16.7 Å². The summed E-state index contributed by atoms with van der Waals surface area (Å²) in [4.78, 5) is 0. The Morgan fingerprint density at radius 2 is 1.29 bits per heavy atom. The van der Waals surface area contributed by atoms with Gasteiger partial charge in [0.25, 0.3) is 0 Å². The molecule has 1 heterocycles. The first kappa shape index (κ1) is 22.1. The summed E-state index contributed by atoms with van der Waals surface area (Å²) >= 11 is 1.78.